The van der Waals surface area contributed by atoms with E-state index < -0.39 is 0 Å². The maximum Gasteiger partial charge on any atom is 0.259 e. The Bertz CT molecular complexity index is 612. The van der Waals surface area contributed by atoms with E-state index >= 15 is 0 Å². The standard InChI is InChI=1S/C14H11ClN2O/c15-12-9-16-7-5-11(12)14(18)17-8-6-10-3-1-2-4-13(10)17/h1-5,7,9H,6,8H2. The van der Waals surface area contributed by atoms with E-state index in [1.165, 1.54) is 11.8 Å². The van der Waals surface area contributed by atoms with Gasteiger partial charge in [0.1, 0.15) is 0 Å². The number of fused-ring (bicyclic) bond motifs is 1. The molecule has 2 heterocycles. The van der Waals surface area contributed by atoms with E-state index in [0.717, 1.165) is 12.1 Å². The molecule has 4 heteroatoms. The Morgan fingerprint density at radius 2 is 2.11 bits per heavy atom. The van der Waals surface area contributed by atoms with Gasteiger partial charge in [-0.05, 0) is 24.1 Å². The third-order valence-electron chi connectivity index (χ3n) is 3.14. The number of para-hydroxylation sites is 1. The van der Waals surface area contributed by atoms with Gasteiger partial charge in [0.15, 0.2) is 0 Å². The number of benzene rings is 1. The molecule has 0 bridgehead atoms. The molecule has 0 N–H and O–H groups in total. The Balaban J connectivity index is 1.99. The molecule has 0 unspecified atom stereocenters. The summed E-state index contributed by atoms with van der Waals surface area (Å²) in [5, 5.41) is 0.395. The second kappa shape index (κ2) is 4.42. The van der Waals surface area contributed by atoms with Gasteiger partial charge in [-0.25, -0.2) is 0 Å². The second-order valence-corrected chi connectivity index (χ2v) is 4.60. The Kier molecular flexibility index (Phi) is 2.76. The minimum absolute atomic E-state index is 0.0626. The van der Waals surface area contributed by atoms with Gasteiger partial charge in [-0.1, -0.05) is 29.8 Å². The van der Waals surface area contributed by atoms with E-state index in [-0.39, 0.29) is 5.91 Å². The van der Waals surface area contributed by atoms with Crippen LogP contribution in [-0.4, -0.2) is 17.4 Å². The Hall–Kier alpha value is -1.87. The van der Waals surface area contributed by atoms with Crippen molar-refractivity contribution in [1.82, 2.24) is 4.98 Å². The molecule has 1 amide bonds. The van der Waals surface area contributed by atoms with Gasteiger partial charge in [0.25, 0.3) is 5.91 Å². The van der Waals surface area contributed by atoms with Crippen molar-refractivity contribution in [2.24, 2.45) is 0 Å². The average molecular weight is 259 g/mol. The van der Waals surface area contributed by atoms with E-state index in [9.17, 15) is 4.79 Å². The molecule has 1 aromatic heterocycles. The third-order valence-corrected chi connectivity index (χ3v) is 3.44. The number of anilines is 1. The summed E-state index contributed by atoms with van der Waals surface area (Å²) in [7, 11) is 0. The number of amides is 1. The van der Waals surface area contributed by atoms with Crippen LogP contribution < -0.4 is 4.90 Å². The summed E-state index contributed by atoms with van der Waals surface area (Å²) < 4.78 is 0. The molecular weight excluding hydrogens is 248 g/mol. The number of pyridine rings is 1. The van der Waals surface area contributed by atoms with E-state index in [0.29, 0.717) is 17.1 Å². The molecule has 1 aliphatic heterocycles. The summed E-state index contributed by atoms with van der Waals surface area (Å²) in [6.45, 7) is 0.705. The predicted molar refractivity (Wildman–Crippen MR) is 71.1 cm³/mol. The lowest BCUT2D eigenvalue weighted by Crippen LogP contribution is -2.29. The highest BCUT2D eigenvalue weighted by molar-refractivity contribution is 6.34. The molecule has 0 saturated heterocycles. The molecule has 2 aromatic rings. The first-order valence-electron chi connectivity index (χ1n) is 5.76. The van der Waals surface area contributed by atoms with Crippen LogP contribution in [0, 0.1) is 0 Å². The molecule has 1 aromatic carbocycles. The molecule has 0 spiro atoms. The van der Waals surface area contributed by atoms with Crippen molar-refractivity contribution in [3.8, 4) is 0 Å². The fraction of sp³-hybridized carbons (Fsp3) is 0.143. The number of hydrogen-bond acceptors (Lipinski definition) is 2. The minimum Gasteiger partial charge on any atom is -0.308 e. The Morgan fingerprint density at radius 3 is 2.94 bits per heavy atom. The largest absolute Gasteiger partial charge is 0.308 e. The number of halogens is 1. The third kappa shape index (κ3) is 1.77. The molecule has 18 heavy (non-hydrogen) atoms. The van der Waals surface area contributed by atoms with Crippen LogP contribution in [0.5, 0.6) is 0 Å². The van der Waals surface area contributed by atoms with Crippen LogP contribution in [0.3, 0.4) is 0 Å². The Labute approximate surface area is 110 Å². The first-order chi connectivity index (χ1) is 8.77. The predicted octanol–water partition coefficient (Wildman–Crippen LogP) is 2.94. The van der Waals surface area contributed by atoms with Crippen LogP contribution in [0.1, 0.15) is 15.9 Å². The normalized spacial score (nSPS) is 13.5. The molecule has 0 aliphatic carbocycles. The SMILES string of the molecule is O=C(c1ccncc1Cl)N1CCc2ccccc21. The number of aromatic nitrogens is 1. The molecule has 0 radical (unpaired) electrons. The summed E-state index contributed by atoms with van der Waals surface area (Å²) in [4.78, 5) is 18.1. The van der Waals surface area contributed by atoms with Crippen LogP contribution in [0.2, 0.25) is 5.02 Å². The topological polar surface area (TPSA) is 33.2 Å². The molecule has 3 nitrogen and oxygen atoms in total. The van der Waals surface area contributed by atoms with Gasteiger partial charge in [-0.15, -0.1) is 0 Å². The molecular formula is C14H11ClN2O. The average Bonchev–Trinajstić information content (AvgIpc) is 2.82. The molecule has 90 valence electrons. The van der Waals surface area contributed by atoms with Crippen LogP contribution in [0.4, 0.5) is 5.69 Å². The van der Waals surface area contributed by atoms with Gasteiger partial charge in [0.2, 0.25) is 0 Å². The van der Waals surface area contributed by atoms with Gasteiger partial charge >= 0.3 is 0 Å². The Morgan fingerprint density at radius 1 is 1.28 bits per heavy atom. The zero-order valence-electron chi connectivity index (χ0n) is 9.64. The maximum absolute atomic E-state index is 12.4. The summed E-state index contributed by atoms with van der Waals surface area (Å²) in [6, 6.07) is 9.61. The summed E-state index contributed by atoms with van der Waals surface area (Å²) in [5.41, 5.74) is 2.69. The van der Waals surface area contributed by atoms with E-state index in [1.807, 2.05) is 18.2 Å². The van der Waals surface area contributed by atoms with Crippen molar-refractivity contribution in [2.45, 2.75) is 6.42 Å². The van der Waals surface area contributed by atoms with Crippen molar-refractivity contribution >= 4 is 23.2 Å². The molecule has 0 fully saturated rings. The number of carbonyl (C=O) groups excluding carboxylic acids is 1. The smallest absolute Gasteiger partial charge is 0.259 e. The zero-order valence-corrected chi connectivity index (χ0v) is 10.4. The van der Waals surface area contributed by atoms with Crippen molar-refractivity contribution in [3.05, 3.63) is 58.9 Å². The van der Waals surface area contributed by atoms with Gasteiger partial charge < -0.3 is 4.90 Å². The minimum atomic E-state index is -0.0626. The molecule has 0 saturated carbocycles. The summed E-state index contributed by atoms with van der Waals surface area (Å²) in [5.74, 6) is -0.0626. The highest BCUT2D eigenvalue weighted by atomic mass is 35.5. The highest BCUT2D eigenvalue weighted by Crippen LogP contribution is 2.29. The van der Waals surface area contributed by atoms with Gasteiger partial charge in [0.05, 0.1) is 10.6 Å². The molecule has 1 aliphatic rings. The van der Waals surface area contributed by atoms with Crippen molar-refractivity contribution < 1.29 is 4.79 Å². The van der Waals surface area contributed by atoms with E-state index in [2.05, 4.69) is 11.1 Å². The van der Waals surface area contributed by atoms with E-state index in [4.69, 9.17) is 11.6 Å². The van der Waals surface area contributed by atoms with Gasteiger partial charge in [0, 0.05) is 24.6 Å². The molecule has 0 atom stereocenters. The van der Waals surface area contributed by atoms with Crippen LogP contribution in [0.15, 0.2) is 42.7 Å². The lowest BCUT2D eigenvalue weighted by atomic mass is 10.2. The van der Waals surface area contributed by atoms with E-state index in [1.54, 1.807) is 17.2 Å². The van der Waals surface area contributed by atoms with Crippen molar-refractivity contribution in [3.63, 3.8) is 0 Å². The summed E-state index contributed by atoms with van der Waals surface area (Å²) in [6.07, 6.45) is 3.97. The number of hydrogen-bond donors (Lipinski definition) is 0. The number of nitrogens with zero attached hydrogens (tertiary/aromatic N) is 2. The first-order valence-corrected chi connectivity index (χ1v) is 6.14. The second-order valence-electron chi connectivity index (χ2n) is 4.19. The maximum atomic E-state index is 12.4. The van der Waals surface area contributed by atoms with Crippen molar-refractivity contribution in [2.75, 3.05) is 11.4 Å². The lowest BCUT2D eigenvalue weighted by Gasteiger charge is -2.17. The number of carbonyl (C=O) groups is 1. The van der Waals surface area contributed by atoms with Crippen LogP contribution in [0.25, 0.3) is 0 Å². The fourth-order valence-corrected chi connectivity index (χ4v) is 2.44. The van der Waals surface area contributed by atoms with Crippen molar-refractivity contribution in [1.29, 1.82) is 0 Å². The van der Waals surface area contributed by atoms with Crippen LogP contribution in [-0.2, 0) is 6.42 Å². The van der Waals surface area contributed by atoms with Gasteiger partial charge in [-0.2, -0.15) is 0 Å². The first kappa shape index (κ1) is 11.2. The lowest BCUT2D eigenvalue weighted by molar-refractivity contribution is 0.0989. The summed E-state index contributed by atoms with van der Waals surface area (Å²) >= 11 is 6.01. The highest BCUT2D eigenvalue weighted by Gasteiger charge is 2.26. The van der Waals surface area contributed by atoms with Crippen LogP contribution >= 0.6 is 11.6 Å². The van der Waals surface area contributed by atoms with Gasteiger partial charge in [-0.3, -0.25) is 9.78 Å². The monoisotopic (exact) mass is 258 g/mol. The number of rotatable bonds is 1. The molecule has 3 rings (SSSR count). The fourth-order valence-electron chi connectivity index (χ4n) is 2.24. The zero-order chi connectivity index (χ0) is 12.5. The quantitative estimate of drug-likeness (QED) is 0.788.